The Morgan fingerprint density at radius 3 is 0.583 bits per heavy atom. The highest BCUT2D eigenvalue weighted by Crippen LogP contribution is 2.40. The Hall–Kier alpha value is -6.36. The van der Waals surface area contributed by atoms with E-state index in [2.05, 4.69) is 19.6 Å². The molecule has 12 heterocycles. The number of rotatable bonds is 24. The van der Waals surface area contributed by atoms with Crippen molar-refractivity contribution in [3.05, 3.63) is 189 Å². The summed E-state index contributed by atoms with van der Waals surface area (Å²) in [5.74, 6) is -10.5. The minimum absolute atomic E-state index is 0.169. The van der Waals surface area contributed by atoms with Gasteiger partial charge in [-0.25, -0.2) is 68.8 Å². The Morgan fingerprint density at radius 2 is 0.439 bits per heavy atom. The summed E-state index contributed by atoms with van der Waals surface area (Å²) in [4.78, 5) is 16.7. The summed E-state index contributed by atoms with van der Waals surface area (Å²) >= 11 is 4.80. The highest BCUT2D eigenvalue weighted by molar-refractivity contribution is 7.92. The van der Waals surface area contributed by atoms with Crippen LogP contribution in [0.3, 0.4) is 0 Å². The average molecular weight is 2000 g/mol. The maximum atomic E-state index is 13.7. The number of benzene rings is 4. The molecule has 4 aromatic carbocycles. The van der Waals surface area contributed by atoms with Gasteiger partial charge in [0.2, 0.25) is 0 Å². The zero-order valence-corrected chi connectivity index (χ0v) is 82.3. The number of likely N-dealkylation sites (tertiary alicyclic amines) is 4. The van der Waals surface area contributed by atoms with Crippen LogP contribution in [0.4, 0.5) is 57.9 Å². The second-order valence-electron chi connectivity index (χ2n) is 37.6. The number of nitrogens with zero attached hydrogens (tertiary/aromatic N) is 12. The molecule has 0 bridgehead atoms. The smallest absolute Gasteiger partial charge is 0.252 e. The first-order valence-electron chi connectivity index (χ1n) is 44.8. The summed E-state index contributed by atoms with van der Waals surface area (Å²) in [7, 11) is -14.4. The fourth-order valence-electron chi connectivity index (χ4n) is 18.0. The van der Waals surface area contributed by atoms with E-state index in [1.54, 1.807) is 125 Å². The third kappa shape index (κ3) is 26.4. The molecule has 132 heavy (non-hydrogen) atoms. The summed E-state index contributed by atoms with van der Waals surface area (Å²) in [5, 5.41) is 48.0. The van der Waals surface area contributed by atoms with Gasteiger partial charge >= 0.3 is 0 Å². The van der Waals surface area contributed by atoms with E-state index >= 15 is 0 Å². The molecule has 16 rings (SSSR count). The number of hydrogen-bond donors (Lipinski definition) is 4. The fraction of sp³-hybridized carbons (Fsp3) is 0.565. The Morgan fingerprint density at radius 1 is 0.273 bits per heavy atom. The molecule has 0 saturated carbocycles. The van der Waals surface area contributed by atoms with E-state index in [1.165, 1.54) is 62.6 Å². The topological polar surface area (TPSA) is 256 Å². The summed E-state index contributed by atoms with van der Waals surface area (Å²) in [5.41, 5.74) is 3.09. The molecule has 0 unspecified atom stereocenters. The van der Waals surface area contributed by atoms with Crippen LogP contribution in [0.5, 0.6) is 0 Å². The number of thiophene rings is 4. The van der Waals surface area contributed by atoms with Crippen LogP contribution < -0.4 is 19.6 Å². The van der Waals surface area contributed by atoms with Gasteiger partial charge in [0.25, 0.3) is 63.8 Å². The van der Waals surface area contributed by atoms with E-state index in [0.29, 0.717) is 174 Å². The molecular formula is C92H124F8N12O12S8. The van der Waals surface area contributed by atoms with Gasteiger partial charge in [-0.3, -0.25) is 0 Å². The molecule has 4 aromatic heterocycles. The van der Waals surface area contributed by atoms with E-state index in [0.717, 1.165) is 45.0 Å². The van der Waals surface area contributed by atoms with Crippen LogP contribution in [0.25, 0.3) is 0 Å². The molecule has 8 aliphatic heterocycles. The predicted molar refractivity (Wildman–Crippen MR) is 506 cm³/mol. The van der Waals surface area contributed by atoms with Gasteiger partial charge < -0.3 is 59.6 Å². The summed E-state index contributed by atoms with van der Waals surface area (Å²) in [6.45, 7) is 22.8. The number of sulfonamides is 4. The van der Waals surface area contributed by atoms with E-state index in [4.69, 9.17) is 0 Å². The van der Waals surface area contributed by atoms with Crippen LogP contribution in [0.2, 0.25) is 0 Å². The van der Waals surface area contributed by atoms with Crippen LogP contribution >= 0.6 is 45.3 Å². The van der Waals surface area contributed by atoms with Gasteiger partial charge in [-0.1, -0.05) is 72.8 Å². The van der Waals surface area contributed by atoms with Gasteiger partial charge in [-0.05, 0) is 172 Å². The number of anilines is 4. The van der Waals surface area contributed by atoms with Crippen molar-refractivity contribution in [1.82, 2.24) is 36.8 Å². The first-order chi connectivity index (χ1) is 61.8. The van der Waals surface area contributed by atoms with E-state index < -0.39 is 86.2 Å². The molecule has 0 radical (unpaired) electrons. The molecule has 8 fully saturated rings. The summed E-state index contributed by atoms with van der Waals surface area (Å²) < 4.78 is 222. The maximum Gasteiger partial charge on any atom is 0.252 e. The highest BCUT2D eigenvalue weighted by Gasteiger charge is 2.46. The maximum absolute atomic E-state index is 13.7. The minimum atomic E-state index is -3.59. The zero-order chi connectivity index (χ0) is 95.4. The second kappa shape index (κ2) is 41.7. The lowest BCUT2D eigenvalue weighted by molar-refractivity contribution is -0.0568. The molecule has 8 saturated heterocycles. The Bertz CT molecular complexity index is 4790. The fourth-order valence-corrected chi connectivity index (χ4v) is 28.5. The van der Waals surface area contributed by atoms with Gasteiger partial charge in [0.05, 0.1) is 46.6 Å². The minimum Gasteiger partial charge on any atom is -0.386 e. The van der Waals surface area contributed by atoms with Gasteiger partial charge in [0.15, 0.2) is 0 Å². The number of alkyl halides is 8. The third-order valence-corrected chi connectivity index (χ3v) is 38.9. The summed E-state index contributed by atoms with van der Waals surface area (Å²) in [6.07, 6.45) is -1.36. The largest absolute Gasteiger partial charge is 0.386 e. The lowest BCUT2D eigenvalue weighted by atomic mass is 9.98. The van der Waals surface area contributed by atoms with Gasteiger partial charge in [0, 0.05) is 231 Å². The molecule has 728 valence electrons. The number of piperazine rings is 4. The lowest BCUT2D eigenvalue weighted by Gasteiger charge is -2.45. The van der Waals surface area contributed by atoms with Gasteiger partial charge in [-0.15, -0.1) is 45.3 Å². The number of piperidine rings is 4. The van der Waals surface area contributed by atoms with Crippen molar-refractivity contribution in [3.8, 4) is 0 Å². The molecule has 0 aliphatic carbocycles. The molecule has 0 spiro atoms. The van der Waals surface area contributed by atoms with Gasteiger partial charge in [-0.2, -0.15) is 17.2 Å². The molecule has 8 aromatic rings. The van der Waals surface area contributed by atoms with Crippen LogP contribution in [0.1, 0.15) is 129 Å². The molecular weight excluding hydrogens is 1870 g/mol. The number of aliphatic hydroxyl groups is 4. The van der Waals surface area contributed by atoms with E-state index in [9.17, 15) is 89.2 Å². The van der Waals surface area contributed by atoms with Crippen molar-refractivity contribution in [2.45, 2.75) is 194 Å². The number of hydrogen-bond acceptors (Lipinski definition) is 24. The molecule has 0 amide bonds. The van der Waals surface area contributed by atoms with Crippen molar-refractivity contribution >= 4 is 108 Å². The standard InChI is InChI=1S/4C23H31F2N3O3S2/c4*1-22(2,29)18-5-7-19(8-6-18)28-14-13-27(33(30,31)21-4-3-15-32-21)17-20(28)16-26-11-9-23(24,25)10-12-26/h4*3-8,15,20,29H,9-14,16-17H2,1-2H3/t4*20-/m1100/s1. The lowest BCUT2D eigenvalue weighted by Crippen LogP contribution is -2.59. The molecule has 4 N–H and O–H groups in total. The van der Waals surface area contributed by atoms with Crippen molar-refractivity contribution in [2.75, 3.05) is 177 Å². The first kappa shape index (κ1) is 103. The van der Waals surface area contributed by atoms with Crippen molar-refractivity contribution in [1.29, 1.82) is 0 Å². The SMILES string of the molecule is CC(C)(O)c1ccc(N2CCN(S(=O)(=O)c3cccs3)C[C@@H]2CN2CCC(F)(F)CC2)cc1.CC(C)(O)c1ccc(N2CCN(S(=O)(=O)c3cccs3)C[C@@H]2CN2CCC(F)(F)CC2)cc1.CC(C)(O)c1ccc(N2CCN(S(=O)(=O)c3cccs3)C[C@H]2CN2CCC(F)(F)CC2)cc1.CC(C)(O)c1ccc(N2CCN(S(=O)(=O)c3cccs3)C[C@H]2CN2CCC(F)(F)CC2)cc1. The van der Waals surface area contributed by atoms with Gasteiger partial charge in [0.1, 0.15) is 16.8 Å². The third-order valence-electron chi connectivity index (χ3n) is 26.0. The van der Waals surface area contributed by atoms with Crippen molar-refractivity contribution in [3.63, 3.8) is 0 Å². The zero-order valence-electron chi connectivity index (χ0n) is 75.8. The normalized spacial score (nSPS) is 23.1. The van der Waals surface area contributed by atoms with Crippen molar-refractivity contribution in [2.24, 2.45) is 0 Å². The monoisotopic (exact) mass is 2000 g/mol. The Labute approximate surface area is 788 Å². The average Bonchev–Trinajstić information content (AvgIpc) is 1.30. The Kier molecular flexibility index (Phi) is 32.6. The highest BCUT2D eigenvalue weighted by atomic mass is 32.3. The van der Waals surface area contributed by atoms with Crippen molar-refractivity contribution < 1.29 is 89.2 Å². The summed E-state index contributed by atoms with van der Waals surface area (Å²) in [6, 6.07) is 43.2. The molecule has 4 atom stereocenters. The second-order valence-corrected chi connectivity index (χ2v) is 50.1. The van der Waals surface area contributed by atoms with Crippen LogP contribution in [0, 0.1) is 0 Å². The van der Waals surface area contributed by atoms with Crippen LogP contribution in [-0.4, -0.2) is 296 Å². The van der Waals surface area contributed by atoms with E-state index in [1.807, 2.05) is 117 Å². The first-order valence-corrected chi connectivity index (χ1v) is 54.0. The number of halogens is 8. The van der Waals surface area contributed by atoms with E-state index in [-0.39, 0.29) is 75.5 Å². The molecule has 24 nitrogen and oxygen atoms in total. The van der Waals surface area contributed by atoms with Crippen LogP contribution in [0.15, 0.2) is 184 Å². The predicted octanol–water partition coefficient (Wildman–Crippen LogP) is 14.3. The van der Waals surface area contributed by atoms with Crippen LogP contribution in [-0.2, 0) is 62.5 Å². The molecule has 8 aliphatic rings. The molecule has 40 heteroatoms. The quantitative estimate of drug-likeness (QED) is 0.0410. The Balaban J connectivity index is 0.000000150.